The number of hydrogen-bond acceptors (Lipinski definition) is 3. The number of hydrogen-bond donors (Lipinski definition) is 1. The molecule has 1 aliphatic heterocycles. The Labute approximate surface area is 165 Å². The molecule has 1 atom stereocenters. The standard InChI is InChI=1S/C22H26ClN3O/c23-19-8-6-18(7-9-19)22(10-11-22)21(27)25-14-17-4-3-13-26(15-17)16-20-5-1-2-12-24-20/h1-2,5-9,12,17H,3-4,10-11,13-16H2,(H,25,27)/t17-/m0/s1. The van der Waals surface area contributed by atoms with Crippen molar-refractivity contribution in [2.45, 2.75) is 37.6 Å². The molecule has 1 amide bonds. The van der Waals surface area contributed by atoms with Crippen LogP contribution in [-0.4, -0.2) is 35.4 Å². The molecular formula is C22H26ClN3O. The minimum absolute atomic E-state index is 0.173. The predicted octanol–water partition coefficient (Wildman–Crippen LogP) is 3.80. The third-order valence-corrected chi connectivity index (χ3v) is 6.10. The van der Waals surface area contributed by atoms with Crippen LogP contribution in [0.3, 0.4) is 0 Å². The van der Waals surface area contributed by atoms with Gasteiger partial charge >= 0.3 is 0 Å². The Hall–Kier alpha value is -1.91. The first-order valence-corrected chi connectivity index (χ1v) is 10.2. The highest BCUT2D eigenvalue weighted by Gasteiger charge is 2.51. The summed E-state index contributed by atoms with van der Waals surface area (Å²) in [6.07, 6.45) is 6.05. The predicted molar refractivity (Wildman–Crippen MR) is 108 cm³/mol. The lowest BCUT2D eigenvalue weighted by Crippen LogP contribution is -2.43. The van der Waals surface area contributed by atoms with E-state index in [1.54, 1.807) is 0 Å². The Balaban J connectivity index is 1.30. The first kappa shape index (κ1) is 18.5. The second-order valence-electron chi connectivity index (χ2n) is 7.86. The van der Waals surface area contributed by atoms with Crippen molar-refractivity contribution >= 4 is 17.5 Å². The van der Waals surface area contributed by atoms with Crippen LogP contribution in [0.25, 0.3) is 0 Å². The molecule has 2 aromatic rings. The van der Waals surface area contributed by atoms with E-state index in [1.807, 2.05) is 42.6 Å². The molecule has 1 saturated heterocycles. The van der Waals surface area contributed by atoms with Crippen molar-refractivity contribution in [2.24, 2.45) is 5.92 Å². The number of likely N-dealkylation sites (tertiary alicyclic amines) is 1. The molecule has 1 aromatic carbocycles. The number of nitrogens with one attached hydrogen (secondary N) is 1. The van der Waals surface area contributed by atoms with Gasteiger partial charge in [-0.3, -0.25) is 14.7 Å². The first-order chi connectivity index (χ1) is 13.2. The topological polar surface area (TPSA) is 45.2 Å². The molecule has 142 valence electrons. The second-order valence-corrected chi connectivity index (χ2v) is 8.30. The lowest BCUT2D eigenvalue weighted by atomic mass is 9.93. The van der Waals surface area contributed by atoms with Crippen molar-refractivity contribution in [1.82, 2.24) is 15.2 Å². The van der Waals surface area contributed by atoms with E-state index in [-0.39, 0.29) is 11.3 Å². The van der Waals surface area contributed by atoms with Crippen LogP contribution in [0.4, 0.5) is 0 Å². The summed E-state index contributed by atoms with van der Waals surface area (Å²) in [5.41, 5.74) is 1.87. The van der Waals surface area contributed by atoms with Crippen LogP contribution >= 0.6 is 11.6 Å². The zero-order chi connectivity index (χ0) is 18.7. The van der Waals surface area contributed by atoms with Gasteiger partial charge in [-0.1, -0.05) is 29.8 Å². The molecular weight excluding hydrogens is 358 g/mol. The van der Waals surface area contributed by atoms with Crippen molar-refractivity contribution in [1.29, 1.82) is 0 Å². The largest absolute Gasteiger partial charge is 0.355 e. The summed E-state index contributed by atoms with van der Waals surface area (Å²) in [5.74, 6) is 0.680. The molecule has 1 aromatic heterocycles. The third kappa shape index (κ3) is 4.33. The molecule has 27 heavy (non-hydrogen) atoms. The van der Waals surface area contributed by atoms with Crippen LogP contribution < -0.4 is 5.32 Å². The van der Waals surface area contributed by atoms with Gasteiger partial charge in [-0.15, -0.1) is 0 Å². The van der Waals surface area contributed by atoms with Crippen LogP contribution in [0.2, 0.25) is 5.02 Å². The van der Waals surface area contributed by atoms with Gasteiger partial charge in [0.25, 0.3) is 0 Å². The quantitative estimate of drug-likeness (QED) is 0.825. The molecule has 2 heterocycles. The van der Waals surface area contributed by atoms with Gasteiger partial charge in [0, 0.05) is 30.9 Å². The average molecular weight is 384 g/mol. The molecule has 4 rings (SSSR count). The van der Waals surface area contributed by atoms with E-state index in [9.17, 15) is 4.79 Å². The van der Waals surface area contributed by atoms with Gasteiger partial charge in [0.15, 0.2) is 0 Å². The SMILES string of the molecule is O=C(NC[C@@H]1CCCN(Cc2ccccn2)C1)C1(c2ccc(Cl)cc2)CC1. The van der Waals surface area contributed by atoms with Crippen LogP contribution in [0.5, 0.6) is 0 Å². The fourth-order valence-electron chi connectivity index (χ4n) is 4.13. The summed E-state index contributed by atoms with van der Waals surface area (Å²) in [5, 5.41) is 3.95. The highest BCUT2D eigenvalue weighted by atomic mass is 35.5. The Morgan fingerprint density at radius 2 is 2.04 bits per heavy atom. The number of amides is 1. The van der Waals surface area contributed by atoms with Crippen molar-refractivity contribution in [3.05, 3.63) is 64.9 Å². The first-order valence-electron chi connectivity index (χ1n) is 9.82. The van der Waals surface area contributed by atoms with Crippen LogP contribution in [-0.2, 0) is 16.8 Å². The highest BCUT2D eigenvalue weighted by Crippen LogP contribution is 2.48. The van der Waals surface area contributed by atoms with Gasteiger partial charge in [-0.25, -0.2) is 0 Å². The third-order valence-electron chi connectivity index (χ3n) is 5.85. The molecule has 0 spiro atoms. The van der Waals surface area contributed by atoms with E-state index in [4.69, 9.17) is 11.6 Å². The number of carbonyl (C=O) groups excluding carboxylic acids is 1. The summed E-state index contributed by atoms with van der Waals surface area (Å²) in [4.78, 5) is 19.7. The summed E-state index contributed by atoms with van der Waals surface area (Å²) < 4.78 is 0. The minimum Gasteiger partial charge on any atom is -0.355 e. The fourth-order valence-corrected chi connectivity index (χ4v) is 4.26. The molecule has 2 fully saturated rings. The van der Waals surface area contributed by atoms with Gasteiger partial charge in [0.2, 0.25) is 5.91 Å². The molecule has 1 saturated carbocycles. The average Bonchev–Trinajstić information content (AvgIpc) is 3.50. The molecule has 1 N–H and O–H groups in total. The Bertz CT molecular complexity index is 774. The van der Waals surface area contributed by atoms with Crippen molar-refractivity contribution in [2.75, 3.05) is 19.6 Å². The molecule has 4 nitrogen and oxygen atoms in total. The lowest BCUT2D eigenvalue weighted by Gasteiger charge is -2.33. The van der Waals surface area contributed by atoms with E-state index >= 15 is 0 Å². The van der Waals surface area contributed by atoms with Gasteiger partial charge in [-0.05, 0) is 68.0 Å². The van der Waals surface area contributed by atoms with E-state index in [0.717, 1.165) is 50.3 Å². The zero-order valence-corrected chi connectivity index (χ0v) is 16.3. The van der Waals surface area contributed by atoms with Crippen molar-refractivity contribution in [3.63, 3.8) is 0 Å². The number of carbonyl (C=O) groups is 1. The van der Waals surface area contributed by atoms with Crippen LogP contribution in [0.15, 0.2) is 48.7 Å². The number of piperidine rings is 1. The summed E-state index contributed by atoms with van der Waals surface area (Å²) in [6, 6.07) is 13.8. The second kappa shape index (κ2) is 7.99. The molecule has 0 bridgehead atoms. The summed E-state index contributed by atoms with van der Waals surface area (Å²) >= 11 is 5.99. The van der Waals surface area contributed by atoms with E-state index in [2.05, 4.69) is 21.3 Å². The Kier molecular flexibility index (Phi) is 5.46. The Morgan fingerprint density at radius 1 is 1.22 bits per heavy atom. The fraction of sp³-hybridized carbons (Fsp3) is 0.455. The van der Waals surface area contributed by atoms with Gasteiger partial charge < -0.3 is 5.32 Å². The van der Waals surface area contributed by atoms with Gasteiger partial charge in [0.05, 0.1) is 11.1 Å². The van der Waals surface area contributed by atoms with E-state index in [1.165, 1.54) is 12.8 Å². The van der Waals surface area contributed by atoms with Gasteiger partial charge in [-0.2, -0.15) is 0 Å². The normalized spacial score (nSPS) is 21.6. The number of halogens is 1. The maximum absolute atomic E-state index is 12.9. The maximum Gasteiger partial charge on any atom is 0.230 e. The lowest BCUT2D eigenvalue weighted by molar-refractivity contribution is -0.123. The number of rotatable bonds is 6. The highest BCUT2D eigenvalue weighted by molar-refractivity contribution is 6.30. The number of aromatic nitrogens is 1. The smallest absolute Gasteiger partial charge is 0.230 e. The molecule has 5 heteroatoms. The van der Waals surface area contributed by atoms with Crippen molar-refractivity contribution < 1.29 is 4.79 Å². The monoisotopic (exact) mass is 383 g/mol. The summed E-state index contributed by atoms with van der Waals surface area (Å²) in [6.45, 7) is 3.77. The van der Waals surface area contributed by atoms with Crippen LogP contribution in [0, 0.1) is 5.92 Å². The number of benzene rings is 1. The number of nitrogens with zero attached hydrogens (tertiary/aromatic N) is 2. The molecule has 2 aliphatic rings. The van der Waals surface area contributed by atoms with Crippen molar-refractivity contribution in [3.8, 4) is 0 Å². The molecule has 0 unspecified atom stereocenters. The van der Waals surface area contributed by atoms with Gasteiger partial charge in [0.1, 0.15) is 0 Å². The van der Waals surface area contributed by atoms with E-state index in [0.29, 0.717) is 10.9 Å². The van der Waals surface area contributed by atoms with Crippen LogP contribution in [0.1, 0.15) is 36.9 Å². The molecule has 1 aliphatic carbocycles. The zero-order valence-electron chi connectivity index (χ0n) is 15.5. The Morgan fingerprint density at radius 3 is 2.74 bits per heavy atom. The number of pyridine rings is 1. The molecule has 0 radical (unpaired) electrons. The minimum atomic E-state index is -0.326. The van der Waals surface area contributed by atoms with E-state index < -0.39 is 0 Å². The maximum atomic E-state index is 12.9. The summed E-state index contributed by atoms with van der Waals surface area (Å²) in [7, 11) is 0.